The Hall–Kier alpha value is -3.08. The molecule has 27 heavy (non-hydrogen) atoms. The Bertz CT molecular complexity index is 868. The summed E-state index contributed by atoms with van der Waals surface area (Å²) in [5.41, 5.74) is 2.21. The topological polar surface area (TPSA) is 50.2 Å². The van der Waals surface area contributed by atoms with Crippen LogP contribution in [0, 0.1) is 5.92 Å². The van der Waals surface area contributed by atoms with Crippen LogP contribution in [-0.2, 0) is 11.3 Å². The highest BCUT2D eigenvalue weighted by molar-refractivity contribution is 5.79. The number of hydrogen-bond acceptors (Lipinski definition) is 3. The van der Waals surface area contributed by atoms with Gasteiger partial charge in [-0.15, -0.1) is 0 Å². The van der Waals surface area contributed by atoms with Crippen LogP contribution in [0.2, 0.25) is 0 Å². The number of pyridine rings is 1. The maximum absolute atomic E-state index is 12.5. The highest BCUT2D eigenvalue weighted by Crippen LogP contribution is 2.27. The zero-order chi connectivity index (χ0) is 18.5. The molecule has 5 heteroatoms. The molecule has 0 atom stereocenters. The molecule has 0 aliphatic carbocycles. The highest BCUT2D eigenvalue weighted by Gasteiger charge is 2.26. The standard InChI is InChI=1S/C22H24N4O/c27-22(24-17-18-7-2-1-3-8-18)19-10-15-26(16-11-19)21-20(9-6-12-23-21)25-13-4-5-14-25/h1-9,12-14,19H,10-11,15-17H2,(H,24,27). The number of carbonyl (C=O) groups excluding carboxylic acids is 1. The van der Waals surface area contributed by atoms with Gasteiger partial charge >= 0.3 is 0 Å². The quantitative estimate of drug-likeness (QED) is 0.759. The molecule has 0 bridgehead atoms. The van der Waals surface area contributed by atoms with Gasteiger partial charge in [-0.25, -0.2) is 4.98 Å². The second-order valence-corrected chi connectivity index (χ2v) is 6.90. The molecule has 1 fully saturated rings. The van der Waals surface area contributed by atoms with Crippen LogP contribution in [0.3, 0.4) is 0 Å². The minimum Gasteiger partial charge on any atom is -0.355 e. The van der Waals surface area contributed by atoms with Crippen LogP contribution >= 0.6 is 0 Å². The summed E-state index contributed by atoms with van der Waals surface area (Å²) in [4.78, 5) is 19.4. The maximum Gasteiger partial charge on any atom is 0.223 e. The number of rotatable bonds is 5. The van der Waals surface area contributed by atoms with Crippen LogP contribution in [0.25, 0.3) is 5.69 Å². The van der Waals surface area contributed by atoms with Crippen molar-refractivity contribution in [2.45, 2.75) is 19.4 Å². The number of amides is 1. The van der Waals surface area contributed by atoms with Gasteiger partial charge in [-0.05, 0) is 42.7 Å². The second kappa shape index (κ2) is 8.08. The van der Waals surface area contributed by atoms with E-state index in [1.807, 2.05) is 67.1 Å². The van der Waals surface area contributed by atoms with Crippen molar-refractivity contribution in [2.24, 2.45) is 5.92 Å². The maximum atomic E-state index is 12.5. The summed E-state index contributed by atoms with van der Waals surface area (Å²) in [5.74, 6) is 1.21. The Morgan fingerprint density at radius 3 is 2.48 bits per heavy atom. The van der Waals surface area contributed by atoms with Gasteiger partial charge in [0.1, 0.15) is 0 Å². The second-order valence-electron chi connectivity index (χ2n) is 6.90. The Kier molecular flexibility index (Phi) is 5.19. The molecule has 4 rings (SSSR count). The van der Waals surface area contributed by atoms with E-state index in [9.17, 15) is 4.79 Å². The first kappa shape index (κ1) is 17.3. The fourth-order valence-electron chi connectivity index (χ4n) is 3.61. The molecule has 0 spiro atoms. The number of nitrogens with zero attached hydrogens (tertiary/aromatic N) is 3. The Morgan fingerprint density at radius 2 is 1.74 bits per heavy atom. The van der Waals surface area contributed by atoms with E-state index in [0.717, 1.165) is 43.0 Å². The lowest BCUT2D eigenvalue weighted by molar-refractivity contribution is -0.125. The van der Waals surface area contributed by atoms with Gasteiger partial charge in [-0.1, -0.05) is 30.3 Å². The largest absolute Gasteiger partial charge is 0.355 e. The van der Waals surface area contributed by atoms with Gasteiger partial charge in [0.15, 0.2) is 5.82 Å². The summed E-state index contributed by atoms with van der Waals surface area (Å²) < 4.78 is 2.08. The molecule has 1 saturated heterocycles. The van der Waals surface area contributed by atoms with Crippen molar-refractivity contribution in [1.29, 1.82) is 0 Å². The molecule has 0 saturated carbocycles. The summed E-state index contributed by atoms with van der Waals surface area (Å²) in [6.07, 6.45) is 7.60. The van der Waals surface area contributed by atoms with Gasteiger partial charge < -0.3 is 14.8 Å². The van der Waals surface area contributed by atoms with E-state index in [4.69, 9.17) is 0 Å². The van der Waals surface area contributed by atoms with Crippen LogP contribution in [-0.4, -0.2) is 28.5 Å². The van der Waals surface area contributed by atoms with Crippen LogP contribution in [0.4, 0.5) is 5.82 Å². The zero-order valence-electron chi connectivity index (χ0n) is 15.3. The highest BCUT2D eigenvalue weighted by atomic mass is 16.1. The van der Waals surface area contributed by atoms with E-state index >= 15 is 0 Å². The minimum atomic E-state index is 0.0729. The van der Waals surface area contributed by atoms with E-state index in [-0.39, 0.29) is 11.8 Å². The third-order valence-electron chi connectivity index (χ3n) is 5.12. The number of carbonyl (C=O) groups is 1. The smallest absolute Gasteiger partial charge is 0.223 e. The normalized spacial score (nSPS) is 14.9. The first-order valence-corrected chi connectivity index (χ1v) is 9.46. The molecule has 1 amide bonds. The number of nitrogens with one attached hydrogen (secondary N) is 1. The van der Waals surface area contributed by atoms with E-state index < -0.39 is 0 Å². The summed E-state index contributed by atoms with van der Waals surface area (Å²) in [5, 5.41) is 3.08. The molecule has 138 valence electrons. The fraction of sp³-hybridized carbons (Fsp3) is 0.273. The lowest BCUT2D eigenvalue weighted by Crippen LogP contribution is -2.41. The van der Waals surface area contributed by atoms with Crippen molar-refractivity contribution < 1.29 is 4.79 Å². The molecule has 1 N–H and O–H groups in total. The fourth-order valence-corrected chi connectivity index (χ4v) is 3.61. The number of piperidine rings is 1. The van der Waals surface area contributed by atoms with Crippen molar-refractivity contribution >= 4 is 11.7 Å². The molecule has 1 aliphatic rings. The van der Waals surface area contributed by atoms with Gasteiger partial charge in [0.2, 0.25) is 5.91 Å². The van der Waals surface area contributed by atoms with E-state index in [1.165, 1.54) is 0 Å². The zero-order valence-corrected chi connectivity index (χ0v) is 15.3. The number of hydrogen-bond donors (Lipinski definition) is 1. The predicted octanol–water partition coefficient (Wildman–Crippen LogP) is 3.41. The lowest BCUT2D eigenvalue weighted by Gasteiger charge is -2.33. The number of aromatic nitrogens is 2. The van der Waals surface area contributed by atoms with E-state index in [2.05, 4.69) is 25.8 Å². The third kappa shape index (κ3) is 4.03. The molecule has 1 aromatic carbocycles. The van der Waals surface area contributed by atoms with Gasteiger partial charge in [-0.2, -0.15) is 0 Å². The minimum absolute atomic E-state index is 0.0729. The van der Waals surface area contributed by atoms with Crippen molar-refractivity contribution in [1.82, 2.24) is 14.9 Å². The molecule has 5 nitrogen and oxygen atoms in total. The first-order chi connectivity index (χ1) is 13.3. The monoisotopic (exact) mass is 360 g/mol. The molecule has 3 heterocycles. The van der Waals surface area contributed by atoms with Gasteiger partial charge in [0.25, 0.3) is 0 Å². The van der Waals surface area contributed by atoms with Crippen LogP contribution in [0.15, 0.2) is 73.2 Å². The third-order valence-corrected chi connectivity index (χ3v) is 5.12. The van der Waals surface area contributed by atoms with Gasteiger partial charge in [0.05, 0.1) is 5.69 Å². The van der Waals surface area contributed by atoms with E-state index in [0.29, 0.717) is 6.54 Å². The molecular weight excluding hydrogens is 336 g/mol. The van der Waals surface area contributed by atoms with Crippen molar-refractivity contribution in [3.8, 4) is 5.69 Å². The summed E-state index contributed by atoms with van der Waals surface area (Å²) in [7, 11) is 0. The molecule has 2 aromatic heterocycles. The summed E-state index contributed by atoms with van der Waals surface area (Å²) in [6.45, 7) is 2.28. The first-order valence-electron chi connectivity index (χ1n) is 9.46. The van der Waals surface area contributed by atoms with Crippen molar-refractivity contribution in [2.75, 3.05) is 18.0 Å². The van der Waals surface area contributed by atoms with Crippen LogP contribution < -0.4 is 10.2 Å². The van der Waals surface area contributed by atoms with Gasteiger partial charge in [0, 0.05) is 44.1 Å². The average Bonchev–Trinajstić information content (AvgIpc) is 3.28. The lowest BCUT2D eigenvalue weighted by atomic mass is 9.95. The SMILES string of the molecule is O=C(NCc1ccccc1)C1CCN(c2ncccc2-n2cccc2)CC1. The number of anilines is 1. The summed E-state index contributed by atoms with van der Waals surface area (Å²) >= 11 is 0. The van der Waals surface area contributed by atoms with Gasteiger partial charge in [-0.3, -0.25) is 4.79 Å². The molecule has 1 aliphatic heterocycles. The van der Waals surface area contributed by atoms with Crippen LogP contribution in [0.5, 0.6) is 0 Å². The molecule has 0 radical (unpaired) electrons. The summed E-state index contributed by atoms with van der Waals surface area (Å²) in [6, 6.07) is 18.1. The Morgan fingerprint density at radius 1 is 1.00 bits per heavy atom. The predicted molar refractivity (Wildman–Crippen MR) is 107 cm³/mol. The average molecular weight is 360 g/mol. The number of benzene rings is 1. The Balaban J connectivity index is 1.36. The van der Waals surface area contributed by atoms with Crippen molar-refractivity contribution in [3.05, 3.63) is 78.8 Å². The molecule has 0 unspecified atom stereocenters. The Labute approximate surface area is 159 Å². The molecule has 3 aromatic rings. The molecular formula is C22H24N4O. The van der Waals surface area contributed by atoms with E-state index in [1.54, 1.807) is 0 Å². The van der Waals surface area contributed by atoms with Crippen LogP contribution in [0.1, 0.15) is 18.4 Å². The van der Waals surface area contributed by atoms with Crippen molar-refractivity contribution in [3.63, 3.8) is 0 Å².